The van der Waals surface area contributed by atoms with E-state index in [1.165, 1.54) is 7.11 Å². The third-order valence-electron chi connectivity index (χ3n) is 2.10. The van der Waals surface area contributed by atoms with Crippen molar-refractivity contribution in [3.05, 3.63) is 29.8 Å². The van der Waals surface area contributed by atoms with Crippen molar-refractivity contribution in [2.75, 3.05) is 12.9 Å². The quantitative estimate of drug-likeness (QED) is 0.470. The van der Waals surface area contributed by atoms with Crippen molar-refractivity contribution in [1.82, 2.24) is 0 Å². The average Bonchev–Trinajstić information content (AvgIpc) is 2.34. The Hall–Kier alpha value is -1.00. The van der Waals surface area contributed by atoms with E-state index in [-0.39, 0.29) is 12.6 Å². The van der Waals surface area contributed by atoms with Gasteiger partial charge in [0.2, 0.25) is 0 Å². The van der Waals surface area contributed by atoms with Gasteiger partial charge in [0.05, 0.1) is 13.7 Å². The number of esters is 1. The second-order valence-corrected chi connectivity index (χ2v) is 4.50. The highest BCUT2D eigenvalue weighted by Gasteiger charge is 2.00. The van der Waals surface area contributed by atoms with E-state index in [1.54, 1.807) is 11.8 Å². The molecule has 0 amide bonds. The van der Waals surface area contributed by atoms with Crippen LogP contribution in [0.1, 0.15) is 18.4 Å². The van der Waals surface area contributed by atoms with Crippen LogP contribution >= 0.6 is 11.8 Å². The Morgan fingerprint density at radius 1 is 1.50 bits per heavy atom. The lowest BCUT2D eigenvalue weighted by Crippen LogP contribution is -1.99. The molecule has 16 heavy (non-hydrogen) atoms. The van der Waals surface area contributed by atoms with Crippen molar-refractivity contribution in [1.29, 1.82) is 0 Å². The fourth-order valence-electron chi connectivity index (χ4n) is 1.24. The maximum absolute atomic E-state index is 10.9. The number of methoxy groups -OCH3 is 1. The van der Waals surface area contributed by atoms with Gasteiger partial charge in [0.1, 0.15) is 0 Å². The van der Waals surface area contributed by atoms with Gasteiger partial charge in [-0.2, -0.15) is 0 Å². The fourth-order valence-corrected chi connectivity index (χ4v) is 2.18. The molecule has 0 saturated carbocycles. The van der Waals surface area contributed by atoms with Crippen molar-refractivity contribution < 1.29 is 14.6 Å². The van der Waals surface area contributed by atoms with Crippen LogP contribution in [-0.4, -0.2) is 23.9 Å². The molecule has 0 aliphatic heterocycles. The van der Waals surface area contributed by atoms with Crippen molar-refractivity contribution in [3.63, 3.8) is 0 Å². The van der Waals surface area contributed by atoms with Crippen molar-refractivity contribution in [2.45, 2.75) is 24.3 Å². The lowest BCUT2D eigenvalue weighted by Gasteiger charge is -2.03. The van der Waals surface area contributed by atoms with E-state index in [9.17, 15) is 4.79 Å². The molecule has 88 valence electrons. The molecule has 0 aliphatic carbocycles. The van der Waals surface area contributed by atoms with Gasteiger partial charge in [-0.25, -0.2) is 0 Å². The van der Waals surface area contributed by atoms with Crippen LogP contribution in [0.4, 0.5) is 0 Å². The zero-order valence-electron chi connectivity index (χ0n) is 9.31. The van der Waals surface area contributed by atoms with E-state index in [2.05, 4.69) is 4.74 Å². The van der Waals surface area contributed by atoms with Gasteiger partial charge in [-0.15, -0.1) is 11.8 Å². The van der Waals surface area contributed by atoms with Crippen molar-refractivity contribution >= 4 is 17.7 Å². The predicted octanol–water partition coefficient (Wildman–Crippen LogP) is 2.22. The molecule has 0 saturated heterocycles. The van der Waals surface area contributed by atoms with Gasteiger partial charge in [0, 0.05) is 11.3 Å². The van der Waals surface area contributed by atoms with Crippen LogP contribution in [0.5, 0.6) is 0 Å². The molecule has 1 rings (SSSR count). The van der Waals surface area contributed by atoms with E-state index in [0.717, 1.165) is 22.6 Å². The second kappa shape index (κ2) is 7.30. The summed E-state index contributed by atoms with van der Waals surface area (Å²) in [7, 11) is 1.40. The first kappa shape index (κ1) is 13.1. The summed E-state index contributed by atoms with van der Waals surface area (Å²) in [6.07, 6.45) is 1.27. The summed E-state index contributed by atoms with van der Waals surface area (Å²) in [5.41, 5.74) is 0.915. The van der Waals surface area contributed by atoms with E-state index in [4.69, 9.17) is 5.11 Å². The molecule has 0 atom stereocenters. The normalized spacial score (nSPS) is 10.1. The van der Waals surface area contributed by atoms with E-state index >= 15 is 0 Å². The first-order valence-electron chi connectivity index (χ1n) is 5.15. The Bertz CT molecular complexity index is 339. The highest BCUT2D eigenvalue weighted by Crippen LogP contribution is 2.20. The first-order chi connectivity index (χ1) is 7.76. The van der Waals surface area contributed by atoms with Gasteiger partial charge < -0.3 is 9.84 Å². The third-order valence-corrected chi connectivity index (χ3v) is 3.18. The standard InChI is InChI=1S/C12H16O3S/c1-15-12(14)6-3-7-16-11-5-2-4-10(8-11)9-13/h2,4-5,8,13H,3,6-7,9H2,1H3. The monoisotopic (exact) mass is 240 g/mol. The van der Waals surface area contributed by atoms with Crippen molar-refractivity contribution in [3.8, 4) is 0 Å². The minimum absolute atomic E-state index is 0.0660. The fraction of sp³-hybridized carbons (Fsp3) is 0.417. The zero-order valence-corrected chi connectivity index (χ0v) is 10.1. The Morgan fingerprint density at radius 2 is 2.31 bits per heavy atom. The van der Waals surface area contributed by atoms with Crippen LogP contribution in [-0.2, 0) is 16.1 Å². The van der Waals surface area contributed by atoms with Gasteiger partial charge in [0.15, 0.2) is 0 Å². The molecule has 1 N–H and O–H groups in total. The maximum Gasteiger partial charge on any atom is 0.305 e. The average molecular weight is 240 g/mol. The number of aliphatic hydroxyl groups excluding tert-OH is 1. The summed E-state index contributed by atoms with van der Waals surface area (Å²) in [5.74, 6) is 0.717. The van der Waals surface area contributed by atoms with Crippen LogP contribution in [0.25, 0.3) is 0 Å². The van der Waals surface area contributed by atoms with E-state index < -0.39 is 0 Å². The number of hydrogen-bond acceptors (Lipinski definition) is 4. The molecule has 4 heteroatoms. The number of thioether (sulfide) groups is 1. The number of benzene rings is 1. The minimum atomic E-state index is -0.162. The zero-order chi connectivity index (χ0) is 11.8. The minimum Gasteiger partial charge on any atom is -0.469 e. The largest absolute Gasteiger partial charge is 0.469 e. The Balaban J connectivity index is 2.28. The van der Waals surface area contributed by atoms with E-state index in [0.29, 0.717) is 6.42 Å². The molecule has 0 heterocycles. The number of carbonyl (C=O) groups excluding carboxylic acids is 1. The van der Waals surface area contributed by atoms with E-state index in [1.807, 2.05) is 24.3 Å². The van der Waals surface area contributed by atoms with Gasteiger partial charge in [-0.05, 0) is 29.9 Å². The number of aliphatic hydroxyl groups is 1. The first-order valence-corrected chi connectivity index (χ1v) is 6.14. The smallest absolute Gasteiger partial charge is 0.305 e. The molecule has 0 radical (unpaired) electrons. The SMILES string of the molecule is COC(=O)CCCSc1cccc(CO)c1. The Kier molecular flexibility index (Phi) is 5.96. The molecule has 0 aliphatic rings. The lowest BCUT2D eigenvalue weighted by atomic mass is 10.2. The summed E-state index contributed by atoms with van der Waals surface area (Å²) in [6, 6.07) is 7.78. The molecule has 1 aromatic carbocycles. The summed E-state index contributed by atoms with van der Waals surface area (Å²) in [6.45, 7) is 0.0660. The molecule has 1 aromatic rings. The number of hydrogen-bond donors (Lipinski definition) is 1. The van der Waals surface area contributed by atoms with Crippen LogP contribution in [0.2, 0.25) is 0 Å². The van der Waals surface area contributed by atoms with Crippen LogP contribution in [0.15, 0.2) is 29.2 Å². The van der Waals surface area contributed by atoms with Gasteiger partial charge >= 0.3 is 5.97 Å². The molecule has 0 fully saturated rings. The van der Waals surface area contributed by atoms with Crippen LogP contribution < -0.4 is 0 Å². The molecule has 0 unspecified atom stereocenters. The maximum atomic E-state index is 10.9. The molecular weight excluding hydrogens is 224 g/mol. The number of ether oxygens (including phenoxy) is 1. The topological polar surface area (TPSA) is 46.5 Å². The van der Waals surface area contributed by atoms with Gasteiger partial charge in [-0.3, -0.25) is 4.79 Å². The lowest BCUT2D eigenvalue weighted by molar-refractivity contribution is -0.140. The van der Waals surface area contributed by atoms with Gasteiger partial charge in [-0.1, -0.05) is 12.1 Å². The predicted molar refractivity (Wildman–Crippen MR) is 64.3 cm³/mol. The highest BCUT2D eigenvalue weighted by molar-refractivity contribution is 7.99. The Labute approximate surface area is 99.8 Å². The summed E-state index contributed by atoms with van der Waals surface area (Å²) >= 11 is 1.68. The molecule has 0 aromatic heterocycles. The Morgan fingerprint density at radius 3 is 3.00 bits per heavy atom. The molecule has 0 bridgehead atoms. The summed E-state index contributed by atoms with van der Waals surface area (Å²) in [4.78, 5) is 12.0. The molecule has 3 nitrogen and oxygen atoms in total. The third kappa shape index (κ3) is 4.68. The van der Waals surface area contributed by atoms with Crippen LogP contribution in [0, 0.1) is 0 Å². The highest BCUT2D eigenvalue weighted by atomic mass is 32.2. The van der Waals surface area contributed by atoms with Gasteiger partial charge in [0.25, 0.3) is 0 Å². The van der Waals surface area contributed by atoms with Crippen LogP contribution in [0.3, 0.4) is 0 Å². The summed E-state index contributed by atoms with van der Waals surface area (Å²) < 4.78 is 4.56. The number of rotatable bonds is 6. The number of carbonyl (C=O) groups is 1. The molecule has 0 spiro atoms. The van der Waals surface area contributed by atoms with Crippen molar-refractivity contribution in [2.24, 2.45) is 0 Å². The second-order valence-electron chi connectivity index (χ2n) is 3.33. The summed E-state index contributed by atoms with van der Waals surface area (Å²) in [5, 5.41) is 8.97. The molecular formula is C12H16O3S.